The van der Waals surface area contributed by atoms with Gasteiger partial charge in [0.25, 0.3) is 0 Å². The molecular weight excluding hydrogens is 203 g/mol. The molecule has 8 heteroatoms. The first-order valence-corrected chi connectivity index (χ1v) is 5.23. The van der Waals surface area contributed by atoms with Crippen molar-refractivity contribution in [1.82, 2.24) is 0 Å². The fourth-order valence-electron chi connectivity index (χ4n) is 1.08. The Labute approximate surface area is 73.7 Å². The second-order valence-electron chi connectivity index (χ2n) is 2.86. The normalized spacial score (nSPS) is 37.8. The first-order chi connectivity index (χ1) is 5.84. The predicted octanol–water partition coefficient (Wildman–Crippen LogP) is -2.40. The average molecular weight is 214 g/mol. The van der Waals surface area contributed by atoms with E-state index in [1.807, 2.05) is 0 Å². The van der Waals surface area contributed by atoms with E-state index in [2.05, 4.69) is 4.74 Å². The maximum atomic E-state index is 10.5. The van der Waals surface area contributed by atoms with Crippen molar-refractivity contribution < 1.29 is 34.4 Å². The Balaban J connectivity index is 2.69. The molecule has 1 fully saturated rings. The average Bonchev–Trinajstić information content (AvgIpc) is 2.30. The third kappa shape index (κ3) is 2.26. The third-order valence-corrected chi connectivity index (χ3v) is 2.81. The minimum absolute atomic E-state index is 0.247. The molecule has 0 saturated carbocycles. The topological polar surface area (TPSA) is 127 Å². The van der Waals surface area contributed by atoms with Crippen LogP contribution in [0.3, 0.4) is 0 Å². The van der Waals surface area contributed by atoms with Crippen molar-refractivity contribution in [3.05, 3.63) is 0 Å². The Bertz CT molecular complexity index is 225. The van der Waals surface area contributed by atoms with Gasteiger partial charge in [0.1, 0.15) is 18.3 Å². The van der Waals surface area contributed by atoms with Crippen LogP contribution >= 0.6 is 7.60 Å². The van der Waals surface area contributed by atoms with Gasteiger partial charge in [-0.2, -0.15) is 0 Å². The lowest BCUT2D eigenvalue weighted by molar-refractivity contribution is -0.0285. The van der Waals surface area contributed by atoms with Crippen molar-refractivity contribution >= 4 is 7.60 Å². The summed E-state index contributed by atoms with van der Waals surface area (Å²) in [6, 6.07) is 0. The van der Waals surface area contributed by atoms with Gasteiger partial charge in [-0.15, -0.1) is 0 Å². The summed E-state index contributed by atoms with van der Waals surface area (Å²) in [4.78, 5) is 17.1. The highest BCUT2D eigenvalue weighted by molar-refractivity contribution is 7.52. The van der Waals surface area contributed by atoms with Gasteiger partial charge in [-0.05, 0) is 0 Å². The zero-order valence-electron chi connectivity index (χ0n) is 6.52. The van der Waals surface area contributed by atoms with E-state index in [0.29, 0.717) is 0 Å². The van der Waals surface area contributed by atoms with Crippen LogP contribution in [-0.2, 0) is 9.30 Å². The monoisotopic (exact) mass is 214 g/mol. The molecule has 4 atom stereocenters. The summed E-state index contributed by atoms with van der Waals surface area (Å²) in [7, 11) is -4.71. The maximum Gasteiger partial charge on any atom is 0.356 e. The van der Waals surface area contributed by atoms with E-state index in [4.69, 9.17) is 25.1 Å². The molecule has 78 valence electrons. The van der Waals surface area contributed by atoms with Crippen LogP contribution in [0.25, 0.3) is 0 Å². The number of ether oxygens (including phenoxy) is 1. The highest BCUT2D eigenvalue weighted by Crippen LogP contribution is 2.43. The minimum Gasteiger partial charge on any atom is -0.388 e. The molecule has 7 nitrogen and oxygen atoms in total. The molecule has 1 heterocycles. The molecule has 1 unspecified atom stereocenters. The van der Waals surface area contributed by atoms with Crippen LogP contribution in [0.4, 0.5) is 0 Å². The lowest BCUT2D eigenvalue weighted by Gasteiger charge is -2.21. The molecular formula is C5H11O7P. The first kappa shape index (κ1) is 11.1. The van der Waals surface area contributed by atoms with Gasteiger partial charge in [-0.1, -0.05) is 0 Å². The summed E-state index contributed by atoms with van der Waals surface area (Å²) in [5, 5.41) is 27.1. The Kier molecular flexibility index (Phi) is 3.09. The van der Waals surface area contributed by atoms with Crippen molar-refractivity contribution in [3.63, 3.8) is 0 Å². The number of hydrogen-bond donors (Lipinski definition) is 5. The molecule has 13 heavy (non-hydrogen) atoms. The Hall–Kier alpha value is -0.0100. The summed E-state index contributed by atoms with van der Waals surface area (Å²) >= 11 is 0. The smallest absolute Gasteiger partial charge is 0.356 e. The number of hydrogen-bond acceptors (Lipinski definition) is 5. The fraction of sp³-hybridized carbons (Fsp3) is 1.00. The molecule has 0 aromatic carbocycles. The SMILES string of the molecule is O=P(O)(O)C(O)[C@H]1OC[C@H](O)[C@@H]1O. The van der Waals surface area contributed by atoms with Gasteiger partial charge in [0.15, 0.2) is 5.85 Å². The van der Waals surface area contributed by atoms with Gasteiger partial charge in [0.2, 0.25) is 0 Å². The second kappa shape index (κ2) is 3.62. The number of rotatable bonds is 2. The fourth-order valence-corrected chi connectivity index (χ4v) is 1.72. The van der Waals surface area contributed by atoms with Crippen LogP contribution in [0.5, 0.6) is 0 Å². The highest BCUT2D eigenvalue weighted by Gasteiger charge is 2.46. The lowest BCUT2D eigenvalue weighted by Crippen LogP contribution is -2.38. The summed E-state index contributed by atoms with van der Waals surface area (Å²) in [6.07, 6.45) is -4.12. The van der Waals surface area contributed by atoms with Crippen LogP contribution in [0.15, 0.2) is 0 Å². The third-order valence-electron chi connectivity index (χ3n) is 1.83. The van der Waals surface area contributed by atoms with Crippen LogP contribution < -0.4 is 0 Å². The quantitative estimate of drug-likeness (QED) is 0.324. The Morgan fingerprint density at radius 2 is 1.92 bits per heavy atom. The van der Waals surface area contributed by atoms with Crippen LogP contribution in [0, 0.1) is 0 Å². The van der Waals surface area contributed by atoms with E-state index in [-0.39, 0.29) is 6.61 Å². The molecule has 0 bridgehead atoms. The molecule has 0 radical (unpaired) electrons. The molecule has 1 aliphatic heterocycles. The minimum atomic E-state index is -4.71. The second-order valence-corrected chi connectivity index (χ2v) is 4.57. The van der Waals surface area contributed by atoms with E-state index >= 15 is 0 Å². The van der Waals surface area contributed by atoms with Crippen molar-refractivity contribution in [2.75, 3.05) is 6.61 Å². The van der Waals surface area contributed by atoms with Crippen molar-refractivity contribution in [2.24, 2.45) is 0 Å². The molecule has 1 aliphatic rings. The molecule has 0 amide bonds. The van der Waals surface area contributed by atoms with Crippen LogP contribution in [-0.4, -0.2) is 55.9 Å². The van der Waals surface area contributed by atoms with Gasteiger partial charge in [0, 0.05) is 0 Å². The molecule has 0 aromatic heterocycles. The molecule has 0 spiro atoms. The summed E-state index contributed by atoms with van der Waals surface area (Å²) < 4.78 is 15.2. The van der Waals surface area contributed by atoms with Crippen LogP contribution in [0.1, 0.15) is 0 Å². The van der Waals surface area contributed by atoms with Crippen molar-refractivity contribution in [2.45, 2.75) is 24.2 Å². The van der Waals surface area contributed by atoms with Gasteiger partial charge in [-0.3, -0.25) is 4.57 Å². The van der Waals surface area contributed by atoms with Crippen molar-refractivity contribution in [3.8, 4) is 0 Å². The number of aliphatic hydroxyl groups excluding tert-OH is 3. The molecule has 0 aromatic rings. The van der Waals surface area contributed by atoms with E-state index in [0.717, 1.165) is 0 Å². The Morgan fingerprint density at radius 3 is 2.23 bits per heavy atom. The maximum absolute atomic E-state index is 10.5. The standard InChI is InChI=1S/C5H11O7P/c6-2-1-12-4(3(2)7)5(8)13(9,10)11/h2-8H,1H2,(H2,9,10,11)/t2-,3-,4-,5?/m0/s1. The van der Waals surface area contributed by atoms with Gasteiger partial charge >= 0.3 is 7.60 Å². The van der Waals surface area contributed by atoms with E-state index in [9.17, 15) is 4.57 Å². The summed E-state index contributed by atoms with van der Waals surface area (Å²) in [5.74, 6) is -2.10. The highest BCUT2D eigenvalue weighted by atomic mass is 31.2. The van der Waals surface area contributed by atoms with E-state index in [1.54, 1.807) is 0 Å². The number of aliphatic hydroxyl groups is 3. The summed E-state index contributed by atoms with van der Waals surface area (Å²) in [6.45, 7) is -0.247. The predicted molar refractivity (Wildman–Crippen MR) is 39.8 cm³/mol. The molecule has 1 saturated heterocycles. The van der Waals surface area contributed by atoms with Gasteiger partial charge in [-0.25, -0.2) is 0 Å². The van der Waals surface area contributed by atoms with Gasteiger partial charge in [0.05, 0.1) is 6.61 Å². The molecule has 1 rings (SSSR count). The summed E-state index contributed by atoms with van der Waals surface area (Å²) in [5.41, 5.74) is 0. The van der Waals surface area contributed by atoms with Gasteiger partial charge < -0.3 is 29.8 Å². The molecule has 0 aliphatic carbocycles. The van der Waals surface area contributed by atoms with Crippen molar-refractivity contribution in [1.29, 1.82) is 0 Å². The largest absolute Gasteiger partial charge is 0.388 e. The Morgan fingerprint density at radius 1 is 1.38 bits per heavy atom. The van der Waals surface area contributed by atoms with Crippen LogP contribution in [0.2, 0.25) is 0 Å². The first-order valence-electron chi connectivity index (χ1n) is 3.55. The lowest BCUT2D eigenvalue weighted by atomic mass is 10.2. The zero-order valence-corrected chi connectivity index (χ0v) is 7.41. The van der Waals surface area contributed by atoms with E-state index < -0.39 is 31.8 Å². The molecule has 5 N–H and O–H groups in total. The zero-order chi connectivity index (χ0) is 10.2. The van der Waals surface area contributed by atoms with E-state index in [1.165, 1.54) is 0 Å².